The Morgan fingerprint density at radius 3 is 2.64 bits per heavy atom. The van der Waals surface area contributed by atoms with Crippen molar-refractivity contribution in [2.24, 2.45) is 0 Å². The Balaban J connectivity index is 3.55. The molecule has 0 bridgehead atoms. The number of carbonyl (C=O) groups excluding carboxylic acids is 1. The van der Waals surface area contributed by atoms with Crippen molar-refractivity contribution in [3.63, 3.8) is 0 Å². The Bertz CT molecular complexity index is 150. The molecule has 1 unspecified atom stereocenters. The van der Waals surface area contributed by atoms with Crippen LogP contribution in [0, 0.1) is 0 Å². The van der Waals surface area contributed by atoms with Crippen LogP contribution in [0.15, 0.2) is 0 Å². The minimum absolute atomic E-state index is 0.0320. The lowest BCUT2D eigenvalue weighted by molar-refractivity contribution is -0.148. The number of hydrogen-bond acceptors (Lipinski definition) is 4. The van der Waals surface area contributed by atoms with Crippen LogP contribution in [0.25, 0.3) is 0 Å². The van der Waals surface area contributed by atoms with E-state index in [1.807, 2.05) is 0 Å². The van der Waals surface area contributed by atoms with Gasteiger partial charge < -0.3 is 14.8 Å². The molecule has 0 aromatic rings. The molecule has 14 heavy (non-hydrogen) atoms. The zero-order chi connectivity index (χ0) is 10.8. The Morgan fingerprint density at radius 1 is 1.43 bits per heavy atom. The van der Waals surface area contributed by atoms with Crippen molar-refractivity contribution < 1.29 is 14.3 Å². The van der Waals surface area contributed by atoms with Crippen molar-refractivity contribution in [2.75, 3.05) is 26.9 Å². The molecule has 4 nitrogen and oxygen atoms in total. The molecule has 0 radical (unpaired) electrons. The molecule has 0 fully saturated rings. The van der Waals surface area contributed by atoms with Gasteiger partial charge in [0, 0.05) is 13.2 Å². The van der Waals surface area contributed by atoms with Crippen molar-refractivity contribution >= 4 is 5.97 Å². The topological polar surface area (TPSA) is 47.6 Å². The van der Waals surface area contributed by atoms with Gasteiger partial charge in [-0.15, -0.1) is 0 Å². The molecule has 1 atom stereocenters. The van der Waals surface area contributed by atoms with Crippen LogP contribution in [-0.2, 0) is 14.3 Å². The molecule has 0 aliphatic rings. The van der Waals surface area contributed by atoms with E-state index in [2.05, 4.69) is 23.9 Å². The second kappa shape index (κ2) is 8.97. The maximum absolute atomic E-state index is 11.0. The molecular formula is C10H21NO3. The van der Waals surface area contributed by atoms with Gasteiger partial charge in [0.1, 0.15) is 13.2 Å². The van der Waals surface area contributed by atoms with Crippen LogP contribution < -0.4 is 5.32 Å². The molecule has 0 saturated heterocycles. The van der Waals surface area contributed by atoms with Crippen molar-refractivity contribution in [3.05, 3.63) is 0 Å². The number of esters is 1. The molecule has 0 aromatic carbocycles. The quantitative estimate of drug-likeness (QED) is 0.597. The minimum Gasteiger partial charge on any atom is -0.462 e. The summed E-state index contributed by atoms with van der Waals surface area (Å²) in [4.78, 5) is 11.0. The molecule has 0 rings (SSSR count). The third kappa shape index (κ3) is 6.86. The lowest BCUT2D eigenvalue weighted by atomic mass is 10.2. The number of ether oxygens (including phenoxy) is 2. The normalized spacial score (nSPS) is 12.5. The van der Waals surface area contributed by atoms with Gasteiger partial charge >= 0.3 is 5.97 Å². The fourth-order valence-electron chi connectivity index (χ4n) is 1.02. The van der Waals surface area contributed by atoms with Crippen molar-refractivity contribution in [3.8, 4) is 0 Å². The van der Waals surface area contributed by atoms with Gasteiger partial charge in [-0.25, -0.2) is 4.79 Å². The molecule has 4 heteroatoms. The summed E-state index contributed by atoms with van der Waals surface area (Å²) in [5.41, 5.74) is 0. The summed E-state index contributed by atoms with van der Waals surface area (Å²) in [7, 11) is 1.48. The molecule has 0 heterocycles. The Labute approximate surface area is 86.0 Å². The first-order valence-electron chi connectivity index (χ1n) is 5.12. The van der Waals surface area contributed by atoms with E-state index < -0.39 is 0 Å². The van der Waals surface area contributed by atoms with E-state index in [9.17, 15) is 4.79 Å². The highest BCUT2D eigenvalue weighted by atomic mass is 16.6. The van der Waals surface area contributed by atoms with Gasteiger partial charge in [-0.2, -0.15) is 0 Å². The van der Waals surface area contributed by atoms with Gasteiger partial charge in [0.15, 0.2) is 0 Å². The number of hydrogen-bond donors (Lipinski definition) is 1. The van der Waals surface area contributed by atoms with Crippen molar-refractivity contribution in [1.29, 1.82) is 0 Å². The first-order chi connectivity index (χ1) is 6.74. The maximum atomic E-state index is 11.0. The fourth-order valence-corrected chi connectivity index (χ4v) is 1.02. The lowest BCUT2D eigenvalue weighted by Crippen LogP contribution is -2.34. The minimum atomic E-state index is -0.302. The maximum Gasteiger partial charge on any atom is 0.332 e. The van der Waals surface area contributed by atoms with E-state index >= 15 is 0 Å². The fraction of sp³-hybridized carbons (Fsp3) is 0.900. The van der Waals surface area contributed by atoms with Crippen LogP contribution in [0.1, 0.15) is 26.7 Å². The smallest absolute Gasteiger partial charge is 0.332 e. The summed E-state index contributed by atoms with van der Waals surface area (Å²) < 4.78 is 9.66. The zero-order valence-corrected chi connectivity index (χ0v) is 9.34. The molecule has 0 amide bonds. The first-order valence-corrected chi connectivity index (χ1v) is 5.12. The summed E-state index contributed by atoms with van der Waals surface area (Å²) in [6, 6.07) is 0.260. The average Bonchev–Trinajstić information content (AvgIpc) is 2.19. The molecule has 0 spiro atoms. The van der Waals surface area contributed by atoms with Gasteiger partial charge in [-0.3, -0.25) is 0 Å². The van der Waals surface area contributed by atoms with E-state index in [4.69, 9.17) is 4.74 Å². The van der Waals surface area contributed by atoms with E-state index in [1.54, 1.807) is 0 Å². The number of methoxy groups -OCH3 is 1. The SMILES string of the molecule is CCCNC(CC)COC(=O)COC. The van der Waals surface area contributed by atoms with Gasteiger partial charge in [-0.1, -0.05) is 13.8 Å². The predicted molar refractivity (Wildman–Crippen MR) is 55.2 cm³/mol. The second-order valence-corrected chi connectivity index (χ2v) is 3.18. The van der Waals surface area contributed by atoms with Gasteiger partial charge in [0.2, 0.25) is 0 Å². The number of rotatable bonds is 8. The highest BCUT2D eigenvalue weighted by Gasteiger charge is 2.08. The number of nitrogens with one attached hydrogen (secondary N) is 1. The molecule has 0 aromatic heterocycles. The van der Waals surface area contributed by atoms with Crippen LogP contribution >= 0.6 is 0 Å². The third-order valence-electron chi connectivity index (χ3n) is 1.88. The van der Waals surface area contributed by atoms with E-state index in [0.717, 1.165) is 19.4 Å². The van der Waals surface area contributed by atoms with Crippen LogP contribution in [-0.4, -0.2) is 38.9 Å². The molecular weight excluding hydrogens is 182 g/mol. The largest absolute Gasteiger partial charge is 0.462 e. The zero-order valence-electron chi connectivity index (χ0n) is 9.34. The summed E-state index contributed by atoms with van der Waals surface area (Å²) in [6.07, 6.45) is 2.04. The van der Waals surface area contributed by atoms with E-state index in [0.29, 0.717) is 6.61 Å². The van der Waals surface area contributed by atoms with Gasteiger partial charge in [-0.05, 0) is 19.4 Å². The molecule has 0 aliphatic heterocycles. The molecule has 84 valence electrons. The highest BCUT2D eigenvalue weighted by molar-refractivity contribution is 5.70. The van der Waals surface area contributed by atoms with Gasteiger partial charge in [0.25, 0.3) is 0 Å². The highest BCUT2D eigenvalue weighted by Crippen LogP contribution is 1.93. The van der Waals surface area contributed by atoms with E-state index in [1.165, 1.54) is 7.11 Å². The third-order valence-corrected chi connectivity index (χ3v) is 1.88. The second-order valence-electron chi connectivity index (χ2n) is 3.18. The van der Waals surface area contributed by atoms with E-state index in [-0.39, 0.29) is 18.6 Å². The first kappa shape index (κ1) is 13.4. The Kier molecular flexibility index (Phi) is 8.57. The molecule has 1 N–H and O–H groups in total. The van der Waals surface area contributed by atoms with Crippen molar-refractivity contribution in [1.82, 2.24) is 5.32 Å². The average molecular weight is 203 g/mol. The number of carbonyl (C=O) groups is 1. The summed E-state index contributed by atoms with van der Waals surface area (Å²) in [5.74, 6) is -0.302. The summed E-state index contributed by atoms with van der Waals surface area (Å²) in [5, 5.41) is 3.30. The summed E-state index contributed by atoms with van der Waals surface area (Å²) in [6.45, 7) is 5.59. The van der Waals surface area contributed by atoms with Crippen LogP contribution in [0.4, 0.5) is 0 Å². The molecule has 0 saturated carbocycles. The van der Waals surface area contributed by atoms with Crippen LogP contribution in [0.3, 0.4) is 0 Å². The van der Waals surface area contributed by atoms with Crippen molar-refractivity contribution in [2.45, 2.75) is 32.7 Å². The monoisotopic (exact) mass is 203 g/mol. The Morgan fingerprint density at radius 2 is 2.14 bits per heavy atom. The predicted octanol–water partition coefficient (Wildman–Crippen LogP) is 0.954. The summed E-state index contributed by atoms with van der Waals surface area (Å²) >= 11 is 0. The van der Waals surface area contributed by atoms with Gasteiger partial charge in [0.05, 0.1) is 0 Å². The lowest BCUT2D eigenvalue weighted by Gasteiger charge is -2.16. The van der Waals surface area contributed by atoms with Crippen LogP contribution in [0.2, 0.25) is 0 Å². The Hall–Kier alpha value is -0.610. The van der Waals surface area contributed by atoms with Crippen LogP contribution in [0.5, 0.6) is 0 Å². The standard InChI is InChI=1S/C10H21NO3/c1-4-6-11-9(5-2)7-14-10(12)8-13-3/h9,11H,4-8H2,1-3H3. The molecule has 0 aliphatic carbocycles.